The highest BCUT2D eigenvalue weighted by Gasteiger charge is 2.32. The average Bonchev–Trinajstić information content (AvgIpc) is 2.64. The molecule has 1 aromatic carbocycles. The molecule has 2 rings (SSSR count). The third kappa shape index (κ3) is 5.86. The number of halogens is 1. The molecule has 1 aliphatic rings. The van der Waals surface area contributed by atoms with Crippen molar-refractivity contribution < 1.29 is 19.4 Å². The number of likely N-dealkylation sites (tertiary alicyclic amines) is 1. The van der Waals surface area contributed by atoms with E-state index in [4.69, 9.17) is 16.3 Å². The lowest BCUT2D eigenvalue weighted by molar-refractivity contribution is -0.109. The van der Waals surface area contributed by atoms with E-state index in [1.165, 1.54) is 0 Å². The molecule has 1 heterocycles. The van der Waals surface area contributed by atoms with Crippen molar-refractivity contribution in [3.05, 3.63) is 29.3 Å². The zero-order valence-corrected chi connectivity index (χ0v) is 15.7. The van der Waals surface area contributed by atoms with Crippen molar-refractivity contribution in [3.63, 3.8) is 0 Å². The van der Waals surface area contributed by atoms with Crippen molar-refractivity contribution in [2.75, 3.05) is 33.3 Å². The molecule has 0 spiro atoms. The fraction of sp³-hybridized carbons (Fsp3) is 0.556. The Hall–Kier alpha value is -1.83. The number of piperidine rings is 1. The van der Waals surface area contributed by atoms with E-state index in [0.29, 0.717) is 11.6 Å². The molecule has 1 amide bonds. The second kappa shape index (κ2) is 10.4. The average molecular weight is 384 g/mol. The van der Waals surface area contributed by atoms with E-state index in [9.17, 15) is 14.7 Å². The summed E-state index contributed by atoms with van der Waals surface area (Å²) < 4.78 is 5.72. The molecule has 0 radical (unpaired) electrons. The molecule has 26 heavy (non-hydrogen) atoms. The van der Waals surface area contributed by atoms with Crippen LogP contribution in [0, 0.1) is 5.92 Å². The van der Waals surface area contributed by atoms with Gasteiger partial charge in [-0.1, -0.05) is 11.6 Å². The number of hydrazine groups is 1. The Balaban J connectivity index is 1.78. The Morgan fingerprint density at radius 2 is 2.08 bits per heavy atom. The minimum absolute atomic E-state index is 0.164. The van der Waals surface area contributed by atoms with Gasteiger partial charge in [0.1, 0.15) is 18.6 Å². The van der Waals surface area contributed by atoms with Gasteiger partial charge in [0.25, 0.3) is 0 Å². The maximum atomic E-state index is 11.4. The second-order valence-electron chi connectivity index (χ2n) is 6.33. The first-order valence-corrected chi connectivity index (χ1v) is 9.16. The van der Waals surface area contributed by atoms with Gasteiger partial charge in [-0.2, -0.15) is 0 Å². The molecule has 1 aromatic rings. The highest BCUT2D eigenvalue weighted by molar-refractivity contribution is 6.30. The number of carboxylic acid groups (broad SMARTS) is 1. The topological polar surface area (TPSA) is 82.1 Å². The highest BCUT2D eigenvalue weighted by Crippen LogP contribution is 2.25. The summed E-state index contributed by atoms with van der Waals surface area (Å²) in [5, 5.41) is 11.1. The molecule has 0 saturated carbocycles. The van der Waals surface area contributed by atoms with Crippen LogP contribution in [0.2, 0.25) is 5.02 Å². The summed E-state index contributed by atoms with van der Waals surface area (Å²) in [5.41, 5.74) is 2.68. The number of nitrogens with one attached hydrogen (secondary N) is 1. The number of benzene rings is 1. The number of rotatable bonds is 9. The predicted octanol–water partition coefficient (Wildman–Crippen LogP) is 2.50. The van der Waals surface area contributed by atoms with Crippen LogP contribution in [0.3, 0.4) is 0 Å². The molecule has 0 aliphatic carbocycles. The number of amides is 1. The van der Waals surface area contributed by atoms with Gasteiger partial charge < -0.3 is 14.6 Å². The van der Waals surface area contributed by atoms with Crippen LogP contribution in [0.1, 0.15) is 19.3 Å². The fourth-order valence-corrected chi connectivity index (χ4v) is 3.52. The maximum absolute atomic E-state index is 11.4. The third-order valence-electron chi connectivity index (χ3n) is 4.78. The summed E-state index contributed by atoms with van der Waals surface area (Å²) in [6.07, 6.45) is 1.65. The number of aldehydes is 1. The van der Waals surface area contributed by atoms with E-state index >= 15 is 0 Å². The van der Waals surface area contributed by atoms with E-state index in [1.807, 2.05) is 12.1 Å². The Bertz CT molecular complexity index is 576. The molecule has 0 aromatic heterocycles. The Morgan fingerprint density at radius 1 is 1.42 bits per heavy atom. The molecule has 1 fully saturated rings. The van der Waals surface area contributed by atoms with Crippen molar-refractivity contribution in [1.82, 2.24) is 15.3 Å². The molecule has 1 saturated heterocycles. The predicted molar refractivity (Wildman–Crippen MR) is 99.5 cm³/mol. The SMILES string of the molecule is CNN(C(=O)O)C(CC=O)C1CCN(CCOc2ccc(Cl)cc2)CC1. The summed E-state index contributed by atoms with van der Waals surface area (Å²) >= 11 is 5.85. The van der Waals surface area contributed by atoms with Crippen LogP contribution in [0.25, 0.3) is 0 Å². The van der Waals surface area contributed by atoms with Crippen molar-refractivity contribution in [2.24, 2.45) is 5.92 Å². The number of hydrogen-bond acceptors (Lipinski definition) is 5. The van der Waals surface area contributed by atoms with E-state index in [1.54, 1.807) is 19.2 Å². The highest BCUT2D eigenvalue weighted by atomic mass is 35.5. The van der Waals surface area contributed by atoms with Gasteiger partial charge in [0, 0.05) is 25.0 Å². The first-order chi connectivity index (χ1) is 12.5. The zero-order valence-electron chi connectivity index (χ0n) is 14.9. The summed E-state index contributed by atoms with van der Waals surface area (Å²) in [5.74, 6) is 0.957. The number of hydrogen-bond donors (Lipinski definition) is 2. The second-order valence-corrected chi connectivity index (χ2v) is 6.76. The molecule has 2 N–H and O–H groups in total. The van der Waals surface area contributed by atoms with Crippen LogP contribution in [-0.4, -0.2) is 66.7 Å². The van der Waals surface area contributed by atoms with Gasteiger partial charge in [-0.25, -0.2) is 15.2 Å². The number of carbonyl (C=O) groups excluding carboxylic acids is 1. The zero-order chi connectivity index (χ0) is 18.9. The molecule has 7 nitrogen and oxygen atoms in total. The fourth-order valence-electron chi connectivity index (χ4n) is 3.40. The number of carbonyl (C=O) groups is 2. The largest absolute Gasteiger partial charge is 0.492 e. The summed E-state index contributed by atoms with van der Waals surface area (Å²) in [6, 6.07) is 6.95. The van der Waals surface area contributed by atoms with Crippen LogP contribution in [0.4, 0.5) is 4.79 Å². The normalized spacial score (nSPS) is 16.8. The van der Waals surface area contributed by atoms with Gasteiger partial charge in [-0.15, -0.1) is 0 Å². The van der Waals surface area contributed by atoms with Crippen molar-refractivity contribution >= 4 is 24.0 Å². The molecule has 144 valence electrons. The van der Waals surface area contributed by atoms with Gasteiger partial charge in [0.05, 0.1) is 6.04 Å². The molecular formula is C18H26ClN3O4. The Labute approximate surface area is 158 Å². The van der Waals surface area contributed by atoms with Crippen LogP contribution in [-0.2, 0) is 4.79 Å². The van der Waals surface area contributed by atoms with E-state index < -0.39 is 6.09 Å². The third-order valence-corrected chi connectivity index (χ3v) is 5.03. The quantitative estimate of drug-likeness (QED) is 0.503. The molecule has 1 unspecified atom stereocenters. The first-order valence-electron chi connectivity index (χ1n) is 8.79. The smallest absolute Gasteiger partial charge is 0.422 e. The van der Waals surface area contributed by atoms with Crippen LogP contribution < -0.4 is 10.2 Å². The number of nitrogens with zero attached hydrogens (tertiary/aromatic N) is 2. The Morgan fingerprint density at radius 3 is 2.62 bits per heavy atom. The van der Waals surface area contributed by atoms with Crippen molar-refractivity contribution in [1.29, 1.82) is 0 Å². The molecule has 0 bridgehead atoms. The van der Waals surface area contributed by atoms with E-state index in [0.717, 1.165) is 49.5 Å². The van der Waals surface area contributed by atoms with Crippen LogP contribution in [0.5, 0.6) is 5.75 Å². The first kappa shape index (κ1) is 20.5. The van der Waals surface area contributed by atoms with E-state index in [-0.39, 0.29) is 18.4 Å². The molecule has 1 atom stereocenters. The van der Waals surface area contributed by atoms with Gasteiger partial charge in [-0.05, 0) is 56.1 Å². The molecule has 1 aliphatic heterocycles. The van der Waals surface area contributed by atoms with Gasteiger partial charge in [0.2, 0.25) is 0 Å². The number of ether oxygens (including phenoxy) is 1. The lowest BCUT2D eigenvalue weighted by atomic mass is 9.87. The van der Waals surface area contributed by atoms with Crippen molar-refractivity contribution in [2.45, 2.75) is 25.3 Å². The minimum Gasteiger partial charge on any atom is -0.492 e. The molecule has 8 heteroatoms. The van der Waals surface area contributed by atoms with Gasteiger partial charge >= 0.3 is 6.09 Å². The van der Waals surface area contributed by atoms with E-state index in [2.05, 4.69) is 10.3 Å². The monoisotopic (exact) mass is 383 g/mol. The Kier molecular flexibility index (Phi) is 8.15. The van der Waals surface area contributed by atoms with Gasteiger partial charge in [0.15, 0.2) is 0 Å². The summed E-state index contributed by atoms with van der Waals surface area (Å²) in [6.45, 7) is 3.12. The lowest BCUT2D eigenvalue weighted by Gasteiger charge is -2.39. The lowest BCUT2D eigenvalue weighted by Crippen LogP contribution is -2.53. The molecular weight excluding hydrogens is 358 g/mol. The summed E-state index contributed by atoms with van der Waals surface area (Å²) in [7, 11) is 1.56. The summed E-state index contributed by atoms with van der Waals surface area (Å²) in [4.78, 5) is 24.6. The van der Waals surface area contributed by atoms with Crippen LogP contribution in [0.15, 0.2) is 24.3 Å². The standard InChI is InChI=1S/C18H26ClN3O4/c1-20-22(18(24)25)17(8-12-23)14-6-9-21(10-7-14)11-13-26-16-4-2-15(19)3-5-16/h2-5,12,14,17,20H,6-11,13H2,1H3,(H,24,25). The van der Waals surface area contributed by atoms with Gasteiger partial charge in [-0.3, -0.25) is 4.90 Å². The van der Waals surface area contributed by atoms with Crippen LogP contribution >= 0.6 is 11.6 Å². The minimum atomic E-state index is -1.06. The van der Waals surface area contributed by atoms with Crippen molar-refractivity contribution in [3.8, 4) is 5.75 Å². The maximum Gasteiger partial charge on any atom is 0.422 e.